The van der Waals surface area contributed by atoms with Crippen molar-refractivity contribution in [3.05, 3.63) is 24.4 Å². The Morgan fingerprint density at radius 3 is 2.00 bits per heavy atom. The van der Waals surface area contributed by atoms with Gasteiger partial charge in [0.15, 0.2) is 0 Å². The Bertz CT molecular complexity index is 623. The monoisotopic (exact) mass is 373 g/mol. The zero-order valence-electron chi connectivity index (χ0n) is 16.5. The molecule has 148 valence electrons. The van der Waals surface area contributed by atoms with Crippen LogP contribution in [0.3, 0.4) is 0 Å². The molecule has 7 nitrogen and oxygen atoms in total. The summed E-state index contributed by atoms with van der Waals surface area (Å²) in [6, 6.07) is 5.90. The predicted octanol–water partition coefficient (Wildman–Crippen LogP) is 0.921. The molecule has 1 aromatic heterocycles. The van der Waals surface area contributed by atoms with Crippen molar-refractivity contribution in [1.29, 1.82) is 0 Å². The third-order valence-corrected chi connectivity index (χ3v) is 5.51. The van der Waals surface area contributed by atoms with Gasteiger partial charge in [0.25, 0.3) is 0 Å². The lowest BCUT2D eigenvalue weighted by Gasteiger charge is -2.36. The van der Waals surface area contributed by atoms with Crippen LogP contribution in [0.1, 0.15) is 19.8 Å². The number of piperazine rings is 2. The number of hydrogen-bond donors (Lipinski definition) is 0. The molecular formula is C20H31N5O2. The maximum atomic E-state index is 12.6. The molecule has 0 aromatic carbocycles. The van der Waals surface area contributed by atoms with Crippen LogP contribution in [0.5, 0.6) is 0 Å². The lowest BCUT2D eigenvalue weighted by atomic mass is 10.0. The second-order valence-corrected chi connectivity index (χ2v) is 7.75. The van der Waals surface area contributed by atoms with Crippen molar-refractivity contribution in [2.24, 2.45) is 5.92 Å². The average molecular weight is 374 g/mol. The van der Waals surface area contributed by atoms with E-state index in [1.807, 2.05) is 34.9 Å². The Labute approximate surface area is 161 Å². The first kappa shape index (κ1) is 19.6. The van der Waals surface area contributed by atoms with Crippen molar-refractivity contribution in [3.8, 4) is 0 Å². The number of pyridine rings is 1. The van der Waals surface area contributed by atoms with E-state index in [0.717, 1.165) is 45.1 Å². The molecule has 1 unspecified atom stereocenters. The highest BCUT2D eigenvalue weighted by atomic mass is 16.2. The second kappa shape index (κ2) is 9.17. The fourth-order valence-corrected chi connectivity index (χ4v) is 3.71. The van der Waals surface area contributed by atoms with Gasteiger partial charge in [-0.1, -0.05) is 13.0 Å². The number of carbonyl (C=O) groups excluding carboxylic acids is 2. The molecule has 0 saturated carbocycles. The summed E-state index contributed by atoms with van der Waals surface area (Å²) in [4.78, 5) is 37.7. The van der Waals surface area contributed by atoms with E-state index < -0.39 is 0 Å². The molecule has 2 saturated heterocycles. The highest BCUT2D eigenvalue weighted by Gasteiger charge is 2.25. The van der Waals surface area contributed by atoms with Crippen molar-refractivity contribution in [1.82, 2.24) is 19.7 Å². The van der Waals surface area contributed by atoms with Gasteiger partial charge in [-0.25, -0.2) is 4.98 Å². The highest BCUT2D eigenvalue weighted by Crippen LogP contribution is 2.16. The van der Waals surface area contributed by atoms with E-state index in [1.165, 1.54) is 0 Å². The van der Waals surface area contributed by atoms with Crippen molar-refractivity contribution >= 4 is 17.6 Å². The van der Waals surface area contributed by atoms with E-state index >= 15 is 0 Å². The summed E-state index contributed by atoms with van der Waals surface area (Å²) >= 11 is 0. The minimum atomic E-state index is 0.0819. The Morgan fingerprint density at radius 1 is 0.926 bits per heavy atom. The van der Waals surface area contributed by atoms with E-state index in [0.29, 0.717) is 25.9 Å². The van der Waals surface area contributed by atoms with Crippen LogP contribution in [-0.2, 0) is 9.59 Å². The van der Waals surface area contributed by atoms with Gasteiger partial charge < -0.3 is 19.6 Å². The zero-order valence-corrected chi connectivity index (χ0v) is 16.5. The maximum absolute atomic E-state index is 12.6. The molecule has 0 radical (unpaired) electrons. The third kappa shape index (κ3) is 5.42. The molecule has 0 bridgehead atoms. The number of likely N-dealkylation sites (N-methyl/N-ethyl adjacent to an activating group) is 1. The fraction of sp³-hybridized carbons (Fsp3) is 0.650. The molecule has 3 heterocycles. The largest absolute Gasteiger partial charge is 0.353 e. The van der Waals surface area contributed by atoms with Crippen LogP contribution in [0.2, 0.25) is 0 Å². The third-order valence-electron chi connectivity index (χ3n) is 5.51. The van der Waals surface area contributed by atoms with Crippen LogP contribution in [0, 0.1) is 5.92 Å². The molecule has 2 aliphatic heterocycles. The van der Waals surface area contributed by atoms with Crippen LogP contribution in [0.15, 0.2) is 24.4 Å². The Morgan fingerprint density at radius 2 is 1.48 bits per heavy atom. The van der Waals surface area contributed by atoms with E-state index in [-0.39, 0.29) is 17.7 Å². The van der Waals surface area contributed by atoms with Crippen LogP contribution in [0.25, 0.3) is 0 Å². The average Bonchev–Trinajstić information content (AvgIpc) is 2.69. The summed E-state index contributed by atoms with van der Waals surface area (Å²) < 4.78 is 0. The van der Waals surface area contributed by atoms with Crippen molar-refractivity contribution in [3.63, 3.8) is 0 Å². The molecule has 0 aliphatic carbocycles. The molecule has 2 aliphatic rings. The number of hydrogen-bond acceptors (Lipinski definition) is 5. The molecule has 0 spiro atoms. The van der Waals surface area contributed by atoms with Gasteiger partial charge >= 0.3 is 0 Å². The van der Waals surface area contributed by atoms with Crippen molar-refractivity contribution < 1.29 is 9.59 Å². The molecule has 2 fully saturated rings. The number of anilines is 1. The Hall–Kier alpha value is -2.15. The number of aromatic nitrogens is 1. The molecule has 1 atom stereocenters. The normalized spacial score (nSPS) is 19.9. The van der Waals surface area contributed by atoms with E-state index in [2.05, 4.69) is 21.8 Å². The van der Waals surface area contributed by atoms with Gasteiger partial charge in [-0.2, -0.15) is 0 Å². The Balaban J connectivity index is 1.40. The van der Waals surface area contributed by atoms with Crippen LogP contribution in [0.4, 0.5) is 5.82 Å². The minimum absolute atomic E-state index is 0.0819. The van der Waals surface area contributed by atoms with Crippen molar-refractivity contribution in [2.75, 3.05) is 64.3 Å². The smallest absolute Gasteiger partial charge is 0.222 e. The number of amides is 2. The Kier molecular flexibility index (Phi) is 6.66. The van der Waals surface area contributed by atoms with Crippen molar-refractivity contribution in [2.45, 2.75) is 19.8 Å². The molecule has 7 heteroatoms. The summed E-state index contributed by atoms with van der Waals surface area (Å²) in [5.74, 6) is 1.40. The van der Waals surface area contributed by atoms with Crippen LogP contribution >= 0.6 is 0 Å². The number of rotatable bonds is 5. The first-order chi connectivity index (χ1) is 13.0. The lowest BCUT2D eigenvalue weighted by molar-refractivity contribution is -0.135. The predicted molar refractivity (Wildman–Crippen MR) is 106 cm³/mol. The second-order valence-electron chi connectivity index (χ2n) is 7.75. The summed E-state index contributed by atoms with van der Waals surface area (Å²) in [7, 11) is 2.08. The van der Waals surface area contributed by atoms with E-state index in [9.17, 15) is 9.59 Å². The van der Waals surface area contributed by atoms with Crippen LogP contribution in [-0.4, -0.2) is 90.9 Å². The fourth-order valence-electron chi connectivity index (χ4n) is 3.71. The van der Waals surface area contributed by atoms with E-state index in [4.69, 9.17) is 0 Å². The molecule has 1 aromatic rings. The van der Waals surface area contributed by atoms with Gasteiger partial charge in [0.1, 0.15) is 5.82 Å². The topological polar surface area (TPSA) is 60.0 Å². The summed E-state index contributed by atoms with van der Waals surface area (Å²) in [6.07, 6.45) is 2.71. The first-order valence-corrected chi connectivity index (χ1v) is 9.93. The number of carbonyl (C=O) groups is 2. The van der Waals surface area contributed by atoms with Crippen LogP contribution < -0.4 is 4.90 Å². The summed E-state index contributed by atoms with van der Waals surface area (Å²) in [6.45, 7) is 8.50. The van der Waals surface area contributed by atoms with Gasteiger partial charge in [0, 0.05) is 71.4 Å². The quantitative estimate of drug-likeness (QED) is 0.768. The lowest BCUT2D eigenvalue weighted by Crippen LogP contribution is -2.49. The molecule has 0 N–H and O–H groups in total. The van der Waals surface area contributed by atoms with E-state index in [1.54, 1.807) is 6.20 Å². The van der Waals surface area contributed by atoms with Gasteiger partial charge in [-0.15, -0.1) is 0 Å². The molecule has 2 amide bonds. The first-order valence-electron chi connectivity index (χ1n) is 9.93. The highest BCUT2D eigenvalue weighted by molar-refractivity contribution is 5.79. The maximum Gasteiger partial charge on any atom is 0.222 e. The van der Waals surface area contributed by atoms with Gasteiger partial charge in [0.05, 0.1) is 0 Å². The minimum Gasteiger partial charge on any atom is -0.353 e. The summed E-state index contributed by atoms with van der Waals surface area (Å²) in [5, 5.41) is 0. The standard InChI is InChI=1S/C20H31N5O2/c1-17(15-19(26)24-9-7-22(2)8-10-24)16-20(27)25-13-11-23(12-14-25)18-5-3-4-6-21-18/h3-6,17H,7-16H2,1-2H3. The summed E-state index contributed by atoms with van der Waals surface area (Å²) in [5.41, 5.74) is 0. The molecular weight excluding hydrogens is 342 g/mol. The molecule has 3 rings (SSSR count). The van der Waals surface area contributed by atoms with Gasteiger partial charge in [-0.05, 0) is 25.1 Å². The number of nitrogens with zero attached hydrogens (tertiary/aromatic N) is 5. The van der Waals surface area contributed by atoms with Gasteiger partial charge in [-0.3, -0.25) is 9.59 Å². The zero-order chi connectivity index (χ0) is 19.2. The van der Waals surface area contributed by atoms with Gasteiger partial charge in [0.2, 0.25) is 11.8 Å². The SMILES string of the molecule is CC(CC(=O)N1CCN(C)CC1)CC(=O)N1CCN(c2ccccn2)CC1. The molecule has 27 heavy (non-hydrogen) atoms.